The van der Waals surface area contributed by atoms with Gasteiger partial charge in [-0.2, -0.15) is 0 Å². The molecule has 4 rings (SSSR count). The summed E-state index contributed by atoms with van der Waals surface area (Å²) in [6.07, 6.45) is 3.44. The molecule has 8 nitrogen and oxygen atoms in total. The van der Waals surface area contributed by atoms with Gasteiger partial charge < -0.3 is 24.3 Å². The lowest BCUT2D eigenvalue weighted by Gasteiger charge is -2.24. The van der Waals surface area contributed by atoms with Gasteiger partial charge in [-0.05, 0) is 44.4 Å². The topological polar surface area (TPSA) is 85.7 Å². The van der Waals surface area contributed by atoms with Crippen molar-refractivity contribution in [1.82, 2.24) is 19.8 Å². The third-order valence-electron chi connectivity index (χ3n) is 6.05. The molecule has 1 saturated heterocycles. The molecular weight excluding hydrogens is 403 g/mol. The summed E-state index contributed by atoms with van der Waals surface area (Å²) in [5.41, 5.74) is 2.12. The Hall–Kier alpha value is -2.94. The van der Waals surface area contributed by atoms with Crippen LogP contribution in [-0.2, 0) is 17.9 Å². The van der Waals surface area contributed by atoms with Gasteiger partial charge in [0.2, 0.25) is 5.88 Å². The number of hydrogen-bond acceptors (Lipinski definition) is 5. The van der Waals surface area contributed by atoms with Crippen molar-refractivity contribution in [2.24, 2.45) is 0 Å². The number of fused-ring (bicyclic) bond motifs is 1. The molecule has 0 spiro atoms. The molecule has 2 amide bonds. The molecule has 2 aromatic heterocycles. The number of amides is 2. The monoisotopic (exact) mass is 430 g/mol. The van der Waals surface area contributed by atoms with E-state index in [9.17, 15) is 14.0 Å². The number of halogens is 1. The van der Waals surface area contributed by atoms with Gasteiger partial charge in [0.15, 0.2) is 5.82 Å². The van der Waals surface area contributed by atoms with Gasteiger partial charge in [-0.25, -0.2) is 9.37 Å². The van der Waals surface area contributed by atoms with Crippen LogP contribution >= 0.6 is 0 Å². The third-order valence-corrected chi connectivity index (χ3v) is 6.05. The fourth-order valence-corrected chi connectivity index (χ4v) is 4.27. The number of hydrogen-bond donors (Lipinski definition) is 1. The van der Waals surface area contributed by atoms with Crippen molar-refractivity contribution in [3.8, 4) is 5.88 Å². The SMILES string of the molecule is COc1ncc([C@@H](C)NC(=O)c2cc(C(=O)N3CCC[C@@H]3C)n3c2COCC3)cc1F. The molecule has 0 saturated carbocycles. The third kappa shape index (κ3) is 4.01. The fourth-order valence-electron chi connectivity index (χ4n) is 4.27. The lowest BCUT2D eigenvalue weighted by atomic mass is 10.1. The Morgan fingerprint density at radius 3 is 2.84 bits per heavy atom. The summed E-state index contributed by atoms with van der Waals surface area (Å²) in [6, 6.07) is 2.65. The molecule has 2 aromatic rings. The van der Waals surface area contributed by atoms with Crippen molar-refractivity contribution in [1.29, 1.82) is 0 Å². The molecule has 9 heteroatoms. The lowest BCUT2D eigenvalue weighted by molar-refractivity contribution is 0.0684. The zero-order chi connectivity index (χ0) is 22.1. The van der Waals surface area contributed by atoms with E-state index in [1.807, 2.05) is 16.4 Å². The Kier molecular flexibility index (Phi) is 5.95. The summed E-state index contributed by atoms with van der Waals surface area (Å²) < 4.78 is 26.3. The number of carbonyl (C=O) groups excluding carboxylic acids is 2. The first-order chi connectivity index (χ1) is 14.9. The number of carbonyl (C=O) groups is 2. The van der Waals surface area contributed by atoms with Crippen LogP contribution < -0.4 is 10.1 Å². The molecule has 1 fully saturated rings. The zero-order valence-corrected chi connectivity index (χ0v) is 18.0. The summed E-state index contributed by atoms with van der Waals surface area (Å²) >= 11 is 0. The number of likely N-dealkylation sites (tertiary alicyclic amines) is 1. The van der Waals surface area contributed by atoms with Crippen molar-refractivity contribution < 1.29 is 23.5 Å². The van der Waals surface area contributed by atoms with Gasteiger partial charge in [0.05, 0.1) is 37.6 Å². The Morgan fingerprint density at radius 1 is 1.35 bits per heavy atom. The maximum absolute atomic E-state index is 14.0. The number of nitrogens with zero attached hydrogens (tertiary/aromatic N) is 3. The van der Waals surface area contributed by atoms with Crippen molar-refractivity contribution in [3.63, 3.8) is 0 Å². The van der Waals surface area contributed by atoms with Gasteiger partial charge in [0.1, 0.15) is 5.69 Å². The van der Waals surface area contributed by atoms with Crippen LogP contribution in [0.3, 0.4) is 0 Å². The van der Waals surface area contributed by atoms with Crippen LogP contribution in [0.15, 0.2) is 18.3 Å². The average Bonchev–Trinajstić information content (AvgIpc) is 3.37. The highest BCUT2D eigenvalue weighted by atomic mass is 19.1. The lowest BCUT2D eigenvalue weighted by Crippen LogP contribution is -2.35. The standard InChI is InChI=1S/C22H27FN4O4/c1-13-5-4-6-26(13)22(29)18-10-16(19-12-31-8-7-27(18)19)20(28)25-14(2)15-9-17(23)21(30-3)24-11-15/h9-11,13-14H,4-8,12H2,1-3H3,(H,25,28)/t13-,14+/m0/s1. The van der Waals surface area contributed by atoms with E-state index in [0.29, 0.717) is 35.7 Å². The first kappa shape index (κ1) is 21.3. The smallest absolute Gasteiger partial charge is 0.270 e. The first-order valence-corrected chi connectivity index (χ1v) is 10.5. The minimum atomic E-state index is -0.594. The van der Waals surface area contributed by atoms with Crippen LogP contribution in [-0.4, -0.2) is 52.6 Å². The van der Waals surface area contributed by atoms with Crippen LogP contribution in [0.25, 0.3) is 0 Å². The van der Waals surface area contributed by atoms with Gasteiger partial charge in [0.25, 0.3) is 11.8 Å². The number of pyridine rings is 1. The predicted molar refractivity (Wildman–Crippen MR) is 110 cm³/mol. The van der Waals surface area contributed by atoms with Gasteiger partial charge in [-0.15, -0.1) is 0 Å². The molecule has 0 aliphatic carbocycles. The second-order valence-electron chi connectivity index (χ2n) is 8.04. The summed E-state index contributed by atoms with van der Waals surface area (Å²) in [6.45, 7) is 5.80. The van der Waals surface area contributed by atoms with E-state index in [-0.39, 0.29) is 30.3 Å². The highest BCUT2D eigenvalue weighted by molar-refractivity contribution is 6.01. The van der Waals surface area contributed by atoms with E-state index in [1.54, 1.807) is 13.0 Å². The summed E-state index contributed by atoms with van der Waals surface area (Å²) in [5.74, 6) is -1.09. The molecule has 2 aliphatic heterocycles. The molecule has 0 bridgehead atoms. The molecule has 2 aliphatic rings. The molecule has 4 heterocycles. The van der Waals surface area contributed by atoms with E-state index < -0.39 is 11.9 Å². The van der Waals surface area contributed by atoms with Crippen LogP contribution in [0, 0.1) is 5.82 Å². The Morgan fingerprint density at radius 2 is 2.16 bits per heavy atom. The number of methoxy groups -OCH3 is 1. The number of rotatable bonds is 5. The second kappa shape index (κ2) is 8.66. The van der Waals surface area contributed by atoms with E-state index in [0.717, 1.165) is 19.4 Å². The van der Waals surface area contributed by atoms with Gasteiger partial charge >= 0.3 is 0 Å². The van der Waals surface area contributed by atoms with Gasteiger partial charge in [-0.1, -0.05) is 0 Å². The Bertz CT molecular complexity index is 1010. The highest BCUT2D eigenvalue weighted by Crippen LogP contribution is 2.26. The van der Waals surface area contributed by atoms with Gasteiger partial charge in [0, 0.05) is 25.3 Å². The molecule has 0 unspecified atom stereocenters. The molecule has 0 aromatic carbocycles. The van der Waals surface area contributed by atoms with E-state index in [4.69, 9.17) is 9.47 Å². The fraction of sp³-hybridized carbons (Fsp3) is 0.500. The molecule has 2 atom stereocenters. The van der Waals surface area contributed by atoms with Gasteiger partial charge in [-0.3, -0.25) is 9.59 Å². The highest BCUT2D eigenvalue weighted by Gasteiger charge is 2.32. The largest absolute Gasteiger partial charge is 0.479 e. The first-order valence-electron chi connectivity index (χ1n) is 10.5. The minimum Gasteiger partial charge on any atom is -0.479 e. The Balaban J connectivity index is 1.58. The molecule has 0 radical (unpaired) electrons. The summed E-state index contributed by atoms with van der Waals surface area (Å²) in [5, 5.41) is 2.88. The van der Waals surface area contributed by atoms with Crippen LogP contribution in [0.5, 0.6) is 5.88 Å². The molecule has 166 valence electrons. The summed E-state index contributed by atoms with van der Waals surface area (Å²) in [4.78, 5) is 32.1. The zero-order valence-electron chi connectivity index (χ0n) is 18.0. The minimum absolute atomic E-state index is 0.0540. The normalized spacial score (nSPS) is 19.1. The van der Waals surface area contributed by atoms with E-state index >= 15 is 0 Å². The van der Waals surface area contributed by atoms with Crippen LogP contribution in [0.4, 0.5) is 4.39 Å². The van der Waals surface area contributed by atoms with Crippen molar-refractivity contribution in [3.05, 3.63) is 46.7 Å². The number of nitrogens with one attached hydrogen (secondary N) is 1. The molecule has 31 heavy (non-hydrogen) atoms. The molecule has 1 N–H and O–H groups in total. The predicted octanol–water partition coefficient (Wildman–Crippen LogP) is 2.68. The quantitative estimate of drug-likeness (QED) is 0.788. The number of ether oxygens (including phenoxy) is 2. The maximum atomic E-state index is 14.0. The summed E-state index contributed by atoms with van der Waals surface area (Å²) in [7, 11) is 1.34. The number of aromatic nitrogens is 2. The maximum Gasteiger partial charge on any atom is 0.270 e. The van der Waals surface area contributed by atoms with Crippen LogP contribution in [0.1, 0.15) is 64.8 Å². The van der Waals surface area contributed by atoms with Crippen LogP contribution in [0.2, 0.25) is 0 Å². The molecular formula is C22H27FN4O4. The average molecular weight is 430 g/mol. The van der Waals surface area contributed by atoms with E-state index in [1.165, 1.54) is 19.4 Å². The Labute approximate surface area is 180 Å². The van der Waals surface area contributed by atoms with E-state index in [2.05, 4.69) is 10.3 Å². The van der Waals surface area contributed by atoms with Crippen molar-refractivity contribution >= 4 is 11.8 Å². The van der Waals surface area contributed by atoms with Crippen molar-refractivity contribution in [2.75, 3.05) is 20.3 Å². The van der Waals surface area contributed by atoms with Crippen molar-refractivity contribution in [2.45, 2.75) is 51.9 Å². The second-order valence-corrected chi connectivity index (χ2v) is 8.04.